The smallest absolute Gasteiger partial charge is 0.251 e. The molecule has 24 heavy (non-hydrogen) atoms. The summed E-state index contributed by atoms with van der Waals surface area (Å²) >= 11 is 0. The predicted molar refractivity (Wildman–Crippen MR) is 93.4 cm³/mol. The van der Waals surface area contributed by atoms with Crippen molar-refractivity contribution in [3.8, 4) is 11.1 Å². The van der Waals surface area contributed by atoms with E-state index in [2.05, 4.69) is 10.3 Å². The number of nitrogens with one attached hydrogen (secondary N) is 1. The summed E-state index contributed by atoms with van der Waals surface area (Å²) in [6, 6.07) is 10.7. The van der Waals surface area contributed by atoms with E-state index in [1.165, 1.54) is 0 Å². The molecule has 6 heteroatoms. The Balaban J connectivity index is 2.00. The summed E-state index contributed by atoms with van der Waals surface area (Å²) in [5.74, 6) is 0.180. The zero-order chi connectivity index (χ0) is 17.6. The van der Waals surface area contributed by atoms with E-state index in [1.54, 1.807) is 31.3 Å². The Morgan fingerprint density at radius 1 is 1.29 bits per heavy atom. The number of nitrogens with two attached hydrogens (primary N) is 1. The molecule has 1 heterocycles. The highest BCUT2D eigenvalue weighted by Crippen LogP contribution is 2.24. The quantitative estimate of drug-likeness (QED) is 0.617. The Morgan fingerprint density at radius 2 is 2.00 bits per heavy atom. The zero-order valence-corrected chi connectivity index (χ0v) is 13.7. The number of carbonyl (C=O) groups excluding carboxylic acids is 1. The van der Waals surface area contributed by atoms with Crippen LogP contribution in [-0.2, 0) is 0 Å². The van der Waals surface area contributed by atoms with Gasteiger partial charge in [0, 0.05) is 30.5 Å². The van der Waals surface area contributed by atoms with Crippen LogP contribution in [0.2, 0.25) is 0 Å². The molecule has 6 nitrogen and oxygen atoms in total. The molecule has 1 unspecified atom stereocenters. The number of nitrogens with zero attached hydrogens (tertiary/aromatic N) is 1. The number of carbonyl (C=O) groups is 1. The summed E-state index contributed by atoms with van der Waals surface area (Å²) in [6.45, 7) is 1.78. The van der Waals surface area contributed by atoms with Crippen molar-refractivity contribution in [2.45, 2.75) is 25.4 Å². The lowest BCUT2D eigenvalue weighted by molar-refractivity contribution is 0.0415. The third kappa shape index (κ3) is 4.78. The number of aromatic nitrogens is 1. The number of rotatable bonds is 7. The summed E-state index contributed by atoms with van der Waals surface area (Å²) in [6.07, 6.45) is 2.54. The van der Waals surface area contributed by atoms with Crippen LogP contribution in [-0.4, -0.2) is 39.9 Å². The van der Waals surface area contributed by atoms with E-state index < -0.39 is 5.60 Å². The second kappa shape index (κ2) is 7.90. The van der Waals surface area contributed by atoms with Crippen LogP contribution in [0.4, 0.5) is 5.82 Å². The van der Waals surface area contributed by atoms with Crippen LogP contribution >= 0.6 is 0 Å². The predicted octanol–water partition coefficient (Wildman–Crippen LogP) is 1.58. The second-order valence-corrected chi connectivity index (χ2v) is 6.02. The van der Waals surface area contributed by atoms with Gasteiger partial charge in [0.25, 0.3) is 5.91 Å². The number of aliphatic hydroxyl groups is 2. The van der Waals surface area contributed by atoms with Gasteiger partial charge in [-0.3, -0.25) is 4.79 Å². The summed E-state index contributed by atoms with van der Waals surface area (Å²) in [5, 5.41) is 21.6. The summed E-state index contributed by atoms with van der Waals surface area (Å²) in [4.78, 5) is 16.2. The molecular formula is C18H23N3O3. The summed E-state index contributed by atoms with van der Waals surface area (Å²) in [5.41, 5.74) is 7.01. The lowest BCUT2D eigenvalue weighted by Gasteiger charge is -2.23. The number of anilines is 1. The topological polar surface area (TPSA) is 108 Å². The molecule has 0 radical (unpaired) electrons. The van der Waals surface area contributed by atoms with Gasteiger partial charge in [0.05, 0.1) is 5.60 Å². The van der Waals surface area contributed by atoms with E-state index in [0.29, 0.717) is 24.2 Å². The Labute approximate surface area is 141 Å². The lowest BCUT2D eigenvalue weighted by Crippen LogP contribution is -2.40. The van der Waals surface area contributed by atoms with Gasteiger partial charge < -0.3 is 21.3 Å². The van der Waals surface area contributed by atoms with Crippen LogP contribution in [0, 0.1) is 0 Å². The fourth-order valence-electron chi connectivity index (χ4n) is 2.38. The minimum absolute atomic E-state index is 0.0169. The molecule has 0 saturated carbocycles. The van der Waals surface area contributed by atoms with E-state index >= 15 is 0 Å². The fourth-order valence-corrected chi connectivity index (χ4v) is 2.38. The fraction of sp³-hybridized carbons (Fsp3) is 0.333. The van der Waals surface area contributed by atoms with E-state index in [4.69, 9.17) is 10.8 Å². The lowest BCUT2D eigenvalue weighted by atomic mass is 10.00. The zero-order valence-electron chi connectivity index (χ0n) is 13.7. The third-order valence-electron chi connectivity index (χ3n) is 3.80. The van der Waals surface area contributed by atoms with Crippen LogP contribution in [0.15, 0.2) is 42.6 Å². The van der Waals surface area contributed by atoms with Gasteiger partial charge in [-0.15, -0.1) is 0 Å². The molecule has 0 saturated heterocycles. The molecule has 5 N–H and O–H groups in total. The number of hydrogen-bond donors (Lipinski definition) is 4. The third-order valence-corrected chi connectivity index (χ3v) is 3.80. The first kappa shape index (κ1) is 17.9. The first-order chi connectivity index (χ1) is 11.4. The van der Waals surface area contributed by atoms with Crippen molar-refractivity contribution in [1.29, 1.82) is 0 Å². The molecule has 1 aromatic carbocycles. The molecule has 1 aromatic heterocycles. The van der Waals surface area contributed by atoms with Gasteiger partial charge >= 0.3 is 0 Å². The standard InChI is InChI=1S/C18H23N3O3/c1-18(24,9-3-11-22)12-21-17(23)14-7-5-13(6-8-14)15-4-2-10-20-16(15)19/h2,4-8,10,22,24H,3,9,11-12H2,1H3,(H2,19,20)(H,21,23). The molecule has 2 aromatic rings. The highest BCUT2D eigenvalue weighted by atomic mass is 16.3. The first-order valence-electron chi connectivity index (χ1n) is 7.85. The van der Waals surface area contributed by atoms with Crippen LogP contribution in [0.1, 0.15) is 30.1 Å². The Hall–Kier alpha value is -2.44. The van der Waals surface area contributed by atoms with E-state index in [1.807, 2.05) is 18.2 Å². The summed E-state index contributed by atoms with van der Waals surface area (Å²) in [7, 11) is 0. The van der Waals surface area contributed by atoms with Crippen LogP contribution in [0.3, 0.4) is 0 Å². The first-order valence-corrected chi connectivity index (χ1v) is 7.85. The average molecular weight is 329 g/mol. The average Bonchev–Trinajstić information content (AvgIpc) is 2.59. The highest BCUT2D eigenvalue weighted by Gasteiger charge is 2.20. The van der Waals surface area contributed by atoms with Crippen molar-refractivity contribution in [3.63, 3.8) is 0 Å². The summed E-state index contributed by atoms with van der Waals surface area (Å²) < 4.78 is 0. The van der Waals surface area contributed by atoms with Gasteiger partial charge in [0.1, 0.15) is 5.82 Å². The second-order valence-electron chi connectivity index (χ2n) is 6.02. The number of aliphatic hydroxyl groups excluding tert-OH is 1. The van der Waals surface area contributed by atoms with Gasteiger partial charge in [0.2, 0.25) is 0 Å². The normalized spacial score (nSPS) is 13.3. The van der Waals surface area contributed by atoms with E-state index in [9.17, 15) is 9.90 Å². The number of nitrogen functional groups attached to an aromatic ring is 1. The van der Waals surface area contributed by atoms with Crippen molar-refractivity contribution in [3.05, 3.63) is 48.2 Å². The molecule has 1 amide bonds. The minimum Gasteiger partial charge on any atom is -0.396 e. The number of pyridine rings is 1. The van der Waals surface area contributed by atoms with Crippen molar-refractivity contribution < 1.29 is 15.0 Å². The molecule has 0 spiro atoms. The molecular weight excluding hydrogens is 306 g/mol. The molecule has 128 valence electrons. The molecule has 0 bridgehead atoms. The van der Waals surface area contributed by atoms with Crippen molar-refractivity contribution in [1.82, 2.24) is 10.3 Å². The van der Waals surface area contributed by atoms with Crippen molar-refractivity contribution >= 4 is 11.7 Å². The maximum atomic E-state index is 12.2. The van der Waals surface area contributed by atoms with Crippen LogP contribution < -0.4 is 11.1 Å². The van der Waals surface area contributed by atoms with Crippen molar-refractivity contribution in [2.24, 2.45) is 0 Å². The highest BCUT2D eigenvalue weighted by molar-refractivity contribution is 5.94. The number of hydrogen-bond acceptors (Lipinski definition) is 5. The number of benzene rings is 1. The molecule has 0 aliphatic heterocycles. The van der Waals surface area contributed by atoms with Gasteiger partial charge in [0.15, 0.2) is 0 Å². The van der Waals surface area contributed by atoms with Crippen LogP contribution in [0.25, 0.3) is 11.1 Å². The molecule has 1 atom stereocenters. The number of amides is 1. The Morgan fingerprint density at radius 3 is 2.62 bits per heavy atom. The largest absolute Gasteiger partial charge is 0.396 e. The molecule has 0 fully saturated rings. The van der Waals surface area contributed by atoms with Gasteiger partial charge in [-0.25, -0.2) is 4.98 Å². The Bertz CT molecular complexity index is 684. The SMILES string of the molecule is CC(O)(CCCO)CNC(=O)c1ccc(-c2cccnc2N)cc1. The maximum absolute atomic E-state index is 12.2. The van der Waals surface area contributed by atoms with Crippen LogP contribution in [0.5, 0.6) is 0 Å². The van der Waals surface area contributed by atoms with E-state index in [0.717, 1.165) is 11.1 Å². The molecule has 0 aliphatic rings. The van der Waals surface area contributed by atoms with E-state index in [-0.39, 0.29) is 19.1 Å². The maximum Gasteiger partial charge on any atom is 0.251 e. The van der Waals surface area contributed by atoms with Crippen molar-refractivity contribution in [2.75, 3.05) is 18.9 Å². The monoisotopic (exact) mass is 329 g/mol. The minimum atomic E-state index is -1.04. The van der Waals surface area contributed by atoms with Gasteiger partial charge in [-0.2, -0.15) is 0 Å². The Kier molecular flexibility index (Phi) is 5.89. The molecule has 0 aliphatic carbocycles. The molecule has 2 rings (SSSR count). The van der Waals surface area contributed by atoms with Gasteiger partial charge in [-0.05, 0) is 49.6 Å². The van der Waals surface area contributed by atoms with Gasteiger partial charge in [-0.1, -0.05) is 12.1 Å².